The summed E-state index contributed by atoms with van der Waals surface area (Å²) in [6, 6.07) is 1.58. The summed E-state index contributed by atoms with van der Waals surface area (Å²) < 4.78 is 0. The van der Waals surface area contributed by atoms with Crippen molar-refractivity contribution in [2.24, 2.45) is 11.8 Å². The number of hydrogen-bond acceptors (Lipinski definition) is 2. The van der Waals surface area contributed by atoms with Crippen LogP contribution in [0.4, 0.5) is 0 Å². The first-order valence-electron chi connectivity index (χ1n) is 9.16. The zero-order valence-corrected chi connectivity index (χ0v) is 13.8. The number of rotatable bonds is 2. The van der Waals surface area contributed by atoms with Crippen LogP contribution < -0.4 is 5.32 Å². The number of hydrogen-bond donors (Lipinski definition) is 1. The maximum absolute atomic E-state index is 3.94. The van der Waals surface area contributed by atoms with Crippen molar-refractivity contribution >= 4 is 0 Å². The van der Waals surface area contributed by atoms with Crippen LogP contribution in [0.1, 0.15) is 72.1 Å². The van der Waals surface area contributed by atoms with Gasteiger partial charge in [0.25, 0.3) is 0 Å². The fourth-order valence-electron chi connectivity index (χ4n) is 5.32. The number of nitrogens with zero attached hydrogens (tertiary/aromatic N) is 1. The molecular formula is C18H34N2. The Kier molecular flexibility index (Phi) is 4.42. The molecule has 2 nitrogen and oxygen atoms in total. The zero-order chi connectivity index (χ0) is 14.2. The summed E-state index contributed by atoms with van der Waals surface area (Å²) >= 11 is 0. The second-order valence-electron chi connectivity index (χ2n) is 7.92. The van der Waals surface area contributed by atoms with Crippen LogP contribution in [-0.2, 0) is 0 Å². The Morgan fingerprint density at radius 2 is 1.85 bits per heavy atom. The topological polar surface area (TPSA) is 15.3 Å². The van der Waals surface area contributed by atoms with E-state index in [4.69, 9.17) is 0 Å². The van der Waals surface area contributed by atoms with Crippen LogP contribution in [0.2, 0.25) is 0 Å². The van der Waals surface area contributed by atoms with Crippen LogP contribution in [0.15, 0.2) is 0 Å². The fourth-order valence-corrected chi connectivity index (χ4v) is 5.32. The molecule has 0 aromatic heterocycles. The molecule has 1 aliphatic heterocycles. The number of nitrogens with one attached hydrogen (secondary N) is 1. The molecule has 4 unspecified atom stereocenters. The van der Waals surface area contributed by atoms with Gasteiger partial charge in [-0.2, -0.15) is 0 Å². The van der Waals surface area contributed by atoms with Gasteiger partial charge in [0.15, 0.2) is 0 Å². The van der Waals surface area contributed by atoms with Crippen molar-refractivity contribution in [1.82, 2.24) is 10.2 Å². The molecule has 1 N–H and O–H groups in total. The first kappa shape index (κ1) is 14.8. The first-order valence-corrected chi connectivity index (χ1v) is 9.16. The molecule has 2 aliphatic carbocycles. The Morgan fingerprint density at radius 1 is 1.10 bits per heavy atom. The molecule has 0 radical (unpaired) electrons. The van der Waals surface area contributed by atoms with Crippen molar-refractivity contribution in [3.05, 3.63) is 0 Å². The van der Waals surface area contributed by atoms with Crippen LogP contribution in [-0.4, -0.2) is 35.6 Å². The van der Waals surface area contributed by atoms with Gasteiger partial charge in [-0.25, -0.2) is 0 Å². The second-order valence-corrected chi connectivity index (χ2v) is 7.92. The average molecular weight is 278 g/mol. The second kappa shape index (κ2) is 5.96. The minimum absolute atomic E-state index is 0.467. The molecule has 4 atom stereocenters. The van der Waals surface area contributed by atoms with Crippen molar-refractivity contribution in [1.29, 1.82) is 0 Å². The Bertz CT molecular complexity index is 321. The molecule has 3 rings (SSSR count). The van der Waals surface area contributed by atoms with Gasteiger partial charge in [-0.15, -0.1) is 0 Å². The molecule has 0 bridgehead atoms. The van der Waals surface area contributed by atoms with Crippen LogP contribution >= 0.6 is 0 Å². The Balaban J connectivity index is 1.71. The standard InChI is InChI=1S/C18H34N2/c1-4-16-8-9-17(15(16)3)20-13-18(19-12-14(20)2)10-6-5-7-11-18/h14-17,19H,4-13H2,1-3H3. The third-order valence-corrected chi connectivity index (χ3v) is 6.77. The Morgan fingerprint density at radius 3 is 2.50 bits per heavy atom. The third-order valence-electron chi connectivity index (χ3n) is 6.77. The monoisotopic (exact) mass is 278 g/mol. The molecule has 2 heteroatoms. The smallest absolute Gasteiger partial charge is 0.0309 e. The van der Waals surface area contributed by atoms with Gasteiger partial charge in [0, 0.05) is 30.7 Å². The van der Waals surface area contributed by atoms with Gasteiger partial charge in [-0.1, -0.05) is 39.5 Å². The molecule has 0 amide bonds. The highest BCUT2D eigenvalue weighted by atomic mass is 15.3. The highest BCUT2D eigenvalue weighted by Gasteiger charge is 2.44. The van der Waals surface area contributed by atoms with E-state index in [-0.39, 0.29) is 0 Å². The molecule has 0 aromatic carbocycles. The van der Waals surface area contributed by atoms with Gasteiger partial charge in [0.2, 0.25) is 0 Å². The van der Waals surface area contributed by atoms with Crippen molar-refractivity contribution < 1.29 is 0 Å². The lowest BCUT2D eigenvalue weighted by atomic mass is 9.78. The largest absolute Gasteiger partial charge is 0.308 e. The quantitative estimate of drug-likeness (QED) is 0.826. The SMILES string of the molecule is CCC1CCC(N2CC3(CCCCC3)NCC2C)C1C. The van der Waals surface area contributed by atoms with Crippen molar-refractivity contribution in [3.63, 3.8) is 0 Å². The third kappa shape index (κ3) is 2.66. The fraction of sp³-hybridized carbons (Fsp3) is 1.00. The molecule has 2 saturated carbocycles. The lowest BCUT2D eigenvalue weighted by Gasteiger charge is -2.51. The van der Waals surface area contributed by atoms with Crippen molar-refractivity contribution in [2.75, 3.05) is 13.1 Å². The molecule has 1 spiro atoms. The Labute approximate surface area is 125 Å². The molecule has 3 aliphatic rings. The van der Waals surface area contributed by atoms with Gasteiger partial charge in [0.05, 0.1) is 0 Å². The van der Waals surface area contributed by atoms with E-state index in [1.165, 1.54) is 64.5 Å². The summed E-state index contributed by atoms with van der Waals surface area (Å²) in [7, 11) is 0. The normalized spacial score (nSPS) is 42.1. The van der Waals surface area contributed by atoms with E-state index in [0.29, 0.717) is 5.54 Å². The maximum Gasteiger partial charge on any atom is 0.0309 e. The van der Waals surface area contributed by atoms with Crippen LogP contribution in [0.5, 0.6) is 0 Å². The molecular weight excluding hydrogens is 244 g/mol. The summed E-state index contributed by atoms with van der Waals surface area (Å²) in [5, 5.41) is 3.94. The van der Waals surface area contributed by atoms with Crippen molar-refractivity contribution in [3.8, 4) is 0 Å². The van der Waals surface area contributed by atoms with Gasteiger partial charge in [0.1, 0.15) is 0 Å². The minimum atomic E-state index is 0.467. The predicted octanol–water partition coefficient (Wildman–Crippen LogP) is 3.81. The summed E-state index contributed by atoms with van der Waals surface area (Å²) in [4.78, 5) is 2.90. The average Bonchev–Trinajstić information content (AvgIpc) is 2.84. The first-order chi connectivity index (χ1) is 9.65. The van der Waals surface area contributed by atoms with E-state index in [2.05, 4.69) is 31.0 Å². The van der Waals surface area contributed by atoms with Crippen LogP contribution in [0.25, 0.3) is 0 Å². The van der Waals surface area contributed by atoms with Crippen LogP contribution in [0.3, 0.4) is 0 Å². The summed E-state index contributed by atoms with van der Waals surface area (Å²) in [5.74, 6) is 1.88. The van der Waals surface area contributed by atoms with E-state index < -0.39 is 0 Å². The maximum atomic E-state index is 3.94. The zero-order valence-electron chi connectivity index (χ0n) is 13.8. The molecule has 20 heavy (non-hydrogen) atoms. The van der Waals surface area contributed by atoms with Gasteiger partial charge in [-0.3, -0.25) is 4.90 Å². The predicted molar refractivity (Wildman–Crippen MR) is 86.0 cm³/mol. The van der Waals surface area contributed by atoms with E-state index in [1.54, 1.807) is 0 Å². The van der Waals surface area contributed by atoms with E-state index in [9.17, 15) is 0 Å². The summed E-state index contributed by atoms with van der Waals surface area (Å²) in [6.45, 7) is 9.87. The van der Waals surface area contributed by atoms with Crippen LogP contribution in [0, 0.1) is 11.8 Å². The lowest BCUT2D eigenvalue weighted by molar-refractivity contribution is 0.0173. The Hall–Kier alpha value is -0.0800. The molecule has 3 fully saturated rings. The van der Waals surface area contributed by atoms with Crippen molar-refractivity contribution in [2.45, 2.75) is 89.8 Å². The summed E-state index contributed by atoms with van der Waals surface area (Å²) in [6.07, 6.45) is 11.4. The summed E-state index contributed by atoms with van der Waals surface area (Å²) in [5.41, 5.74) is 0.467. The van der Waals surface area contributed by atoms with Gasteiger partial charge < -0.3 is 5.32 Å². The van der Waals surface area contributed by atoms with E-state index in [1.807, 2.05) is 0 Å². The molecule has 0 aromatic rings. The highest BCUT2D eigenvalue weighted by Crippen LogP contribution is 2.40. The molecule has 1 saturated heterocycles. The number of piperazine rings is 1. The highest BCUT2D eigenvalue weighted by molar-refractivity contribution is 5.02. The lowest BCUT2D eigenvalue weighted by Crippen LogP contribution is -2.66. The van der Waals surface area contributed by atoms with E-state index in [0.717, 1.165) is 23.9 Å². The van der Waals surface area contributed by atoms with E-state index >= 15 is 0 Å². The van der Waals surface area contributed by atoms with Gasteiger partial charge in [-0.05, 0) is 44.4 Å². The minimum Gasteiger partial charge on any atom is -0.308 e. The van der Waals surface area contributed by atoms with Gasteiger partial charge >= 0.3 is 0 Å². The molecule has 1 heterocycles. The molecule has 116 valence electrons.